The fraction of sp³-hybridized carbons (Fsp3) is 0.150. The number of nitrogens with two attached hydrogens (primary N) is 2. The van der Waals surface area contributed by atoms with Crippen LogP contribution in [0.3, 0.4) is 0 Å². The minimum Gasteiger partial charge on any atom is -0.435 e. The summed E-state index contributed by atoms with van der Waals surface area (Å²) < 4.78 is 29.3. The highest BCUT2D eigenvalue weighted by Gasteiger charge is 2.29. The van der Waals surface area contributed by atoms with E-state index in [1.165, 1.54) is 30.0 Å². The van der Waals surface area contributed by atoms with Gasteiger partial charge in [-0.3, -0.25) is 9.59 Å². The lowest BCUT2D eigenvalue weighted by molar-refractivity contribution is -0.118. The Morgan fingerprint density at radius 2 is 1.87 bits per heavy atom. The van der Waals surface area contributed by atoms with Crippen molar-refractivity contribution in [3.8, 4) is 5.75 Å². The number of thiazole rings is 1. The van der Waals surface area contributed by atoms with E-state index in [-0.39, 0.29) is 38.1 Å². The topological polar surface area (TPSA) is 112 Å². The van der Waals surface area contributed by atoms with E-state index in [9.17, 15) is 18.4 Å². The van der Waals surface area contributed by atoms with Crippen molar-refractivity contribution in [3.63, 3.8) is 0 Å². The fourth-order valence-electron chi connectivity index (χ4n) is 2.77. The molecule has 0 saturated carbocycles. The van der Waals surface area contributed by atoms with Gasteiger partial charge in [0.1, 0.15) is 22.5 Å². The van der Waals surface area contributed by atoms with Crippen LogP contribution in [0.2, 0.25) is 5.02 Å². The van der Waals surface area contributed by atoms with Crippen LogP contribution < -0.4 is 21.1 Å². The zero-order valence-electron chi connectivity index (χ0n) is 16.1. The molecule has 31 heavy (non-hydrogen) atoms. The maximum atomic E-state index is 12.8. The Morgan fingerprint density at radius 1 is 1.19 bits per heavy atom. The normalized spacial score (nSPS) is 11.9. The first kappa shape index (κ1) is 22.4. The predicted molar refractivity (Wildman–Crippen MR) is 115 cm³/mol. The van der Waals surface area contributed by atoms with Gasteiger partial charge in [-0.2, -0.15) is 8.78 Å². The number of benzene rings is 2. The molecule has 1 aromatic heterocycles. The van der Waals surface area contributed by atoms with Gasteiger partial charge in [0.15, 0.2) is 5.13 Å². The number of anilines is 3. The maximum absolute atomic E-state index is 12.8. The van der Waals surface area contributed by atoms with Crippen LogP contribution in [0.15, 0.2) is 48.5 Å². The number of nitrogen functional groups attached to an aromatic ring is 1. The second kappa shape index (κ2) is 9.27. The number of halogens is 3. The molecule has 0 radical (unpaired) electrons. The van der Waals surface area contributed by atoms with Gasteiger partial charge in [0.2, 0.25) is 11.7 Å². The lowest BCUT2D eigenvalue weighted by Gasteiger charge is -2.27. The lowest BCUT2D eigenvalue weighted by atomic mass is 10.1. The number of amides is 1. The van der Waals surface area contributed by atoms with E-state index in [4.69, 9.17) is 23.1 Å². The predicted octanol–water partition coefficient (Wildman–Crippen LogP) is 4.22. The molecule has 1 amide bonds. The van der Waals surface area contributed by atoms with Crippen molar-refractivity contribution in [3.05, 3.63) is 64.0 Å². The summed E-state index contributed by atoms with van der Waals surface area (Å²) in [6.07, 6.45) is 0. The van der Waals surface area contributed by atoms with Crippen molar-refractivity contribution < 1.29 is 23.1 Å². The van der Waals surface area contributed by atoms with Gasteiger partial charge in [-0.05, 0) is 19.1 Å². The third-order valence-electron chi connectivity index (χ3n) is 4.29. The molecule has 0 aliphatic carbocycles. The number of carbonyl (C=O) groups is 2. The van der Waals surface area contributed by atoms with Crippen LogP contribution in [0, 0.1) is 0 Å². The van der Waals surface area contributed by atoms with Crippen LogP contribution in [-0.4, -0.2) is 29.3 Å². The molecule has 0 aliphatic heterocycles. The summed E-state index contributed by atoms with van der Waals surface area (Å²) in [5.74, 6) is -1.22. The third-order valence-corrected chi connectivity index (χ3v) is 5.67. The van der Waals surface area contributed by atoms with E-state index in [0.29, 0.717) is 5.56 Å². The second-order valence-electron chi connectivity index (χ2n) is 6.35. The number of ketones is 1. The van der Waals surface area contributed by atoms with Gasteiger partial charge in [-0.1, -0.05) is 53.3 Å². The van der Waals surface area contributed by atoms with Crippen LogP contribution in [-0.2, 0) is 4.79 Å². The van der Waals surface area contributed by atoms with Crippen LogP contribution in [0.25, 0.3) is 0 Å². The van der Waals surface area contributed by atoms with Crippen LogP contribution in [0.1, 0.15) is 22.2 Å². The first-order chi connectivity index (χ1) is 14.7. The molecule has 0 spiro atoms. The fourth-order valence-corrected chi connectivity index (χ4v) is 4.07. The molecule has 1 unspecified atom stereocenters. The second-order valence-corrected chi connectivity index (χ2v) is 7.73. The number of rotatable bonds is 8. The number of hydrogen-bond donors (Lipinski definition) is 2. The molecule has 3 rings (SSSR count). The summed E-state index contributed by atoms with van der Waals surface area (Å²) in [6, 6.07) is 11.4. The van der Waals surface area contributed by atoms with Crippen LogP contribution >= 0.6 is 22.9 Å². The van der Waals surface area contributed by atoms with Gasteiger partial charge in [0.05, 0.1) is 10.7 Å². The van der Waals surface area contributed by atoms with Crippen molar-refractivity contribution >= 4 is 51.3 Å². The Labute approximate surface area is 185 Å². The van der Waals surface area contributed by atoms with Crippen molar-refractivity contribution in [1.29, 1.82) is 0 Å². The molecule has 0 aliphatic rings. The number of carbonyl (C=O) groups excluding carboxylic acids is 2. The summed E-state index contributed by atoms with van der Waals surface area (Å²) in [5.41, 5.74) is 12.1. The quantitative estimate of drug-likeness (QED) is 0.481. The molecule has 2 aromatic carbocycles. The monoisotopic (exact) mass is 466 g/mol. The Hall–Kier alpha value is -3.24. The number of aromatic nitrogens is 1. The minimum atomic E-state index is -3.02. The SMILES string of the molecule is CC(C(N)=O)N(c1nc(N)c(C(=O)c2ccccc2)s1)c1ccc(OC(F)F)cc1Cl. The summed E-state index contributed by atoms with van der Waals surface area (Å²) in [4.78, 5) is 30.6. The molecular formula is C20H17ClF2N4O3S. The van der Waals surface area contributed by atoms with Gasteiger partial charge in [0, 0.05) is 11.6 Å². The van der Waals surface area contributed by atoms with Crippen LogP contribution in [0.4, 0.5) is 25.4 Å². The molecule has 11 heteroatoms. The summed E-state index contributed by atoms with van der Waals surface area (Å²) in [5, 5.41) is 0.198. The summed E-state index contributed by atoms with van der Waals surface area (Å²) in [6.45, 7) is -1.51. The molecule has 0 fully saturated rings. The van der Waals surface area contributed by atoms with Gasteiger partial charge in [-0.15, -0.1) is 0 Å². The average molecular weight is 467 g/mol. The highest BCUT2D eigenvalue weighted by atomic mass is 35.5. The van der Waals surface area contributed by atoms with E-state index < -0.39 is 18.6 Å². The number of hydrogen-bond acceptors (Lipinski definition) is 7. The van der Waals surface area contributed by atoms with Crippen molar-refractivity contribution in [1.82, 2.24) is 4.98 Å². The molecule has 4 N–H and O–H groups in total. The van der Waals surface area contributed by atoms with Crippen molar-refractivity contribution in [2.75, 3.05) is 10.6 Å². The highest BCUT2D eigenvalue weighted by Crippen LogP contribution is 2.40. The van der Waals surface area contributed by atoms with E-state index >= 15 is 0 Å². The molecule has 1 heterocycles. The molecule has 3 aromatic rings. The Bertz CT molecular complexity index is 1110. The Kier molecular flexibility index (Phi) is 6.71. The molecule has 7 nitrogen and oxygen atoms in total. The van der Waals surface area contributed by atoms with Gasteiger partial charge in [0.25, 0.3) is 0 Å². The van der Waals surface area contributed by atoms with Gasteiger partial charge in [-0.25, -0.2) is 4.98 Å². The van der Waals surface area contributed by atoms with Gasteiger partial charge >= 0.3 is 6.61 Å². The number of primary amides is 1. The van der Waals surface area contributed by atoms with Gasteiger partial charge < -0.3 is 21.1 Å². The highest BCUT2D eigenvalue weighted by molar-refractivity contribution is 7.18. The molecule has 0 saturated heterocycles. The largest absolute Gasteiger partial charge is 0.435 e. The Balaban J connectivity index is 2.05. The first-order valence-electron chi connectivity index (χ1n) is 8.88. The number of ether oxygens (including phenoxy) is 1. The van der Waals surface area contributed by atoms with Crippen molar-refractivity contribution in [2.24, 2.45) is 5.73 Å². The van der Waals surface area contributed by atoms with Crippen molar-refractivity contribution in [2.45, 2.75) is 19.6 Å². The zero-order valence-corrected chi connectivity index (χ0v) is 17.7. The molecule has 1 atom stereocenters. The van der Waals surface area contributed by atoms with E-state index in [1.54, 1.807) is 30.3 Å². The molecular weight excluding hydrogens is 450 g/mol. The average Bonchev–Trinajstić information content (AvgIpc) is 3.10. The van der Waals surface area contributed by atoms with E-state index in [0.717, 1.165) is 11.3 Å². The van der Waals surface area contributed by atoms with E-state index in [2.05, 4.69) is 9.72 Å². The third kappa shape index (κ3) is 4.92. The maximum Gasteiger partial charge on any atom is 0.387 e. The first-order valence-corrected chi connectivity index (χ1v) is 10.1. The Morgan fingerprint density at radius 3 is 2.45 bits per heavy atom. The molecule has 162 valence electrons. The minimum absolute atomic E-state index is 0.0101. The summed E-state index contributed by atoms with van der Waals surface area (Å²) >= 11 is 7.23. The molecule has 0 bridgehead atoms. The standard InChI is InChI=1S/C20H17ClF2N4O3S/c1-10(18(25)29)27(14-8-7-12(9-13(14)21)30-19(22)23)20-26-17(24)16(31-20)15(28)11-5-3-2-4-6-11/h2-10,19H,24H2,1H3,(H2,25,29). The summed E-state index contributed by atoms with van der Waals surface area (Å²) in [7, 11) is 0. The number of nitrogens with zero attached hydrogens (tertiary/aromatic N) is 2. The van der Waals surface area contributed by atoms with E-state index in [1.807, 2.05) is 0 Å². The number of alkyl halides is 2. The smallest absolute Gasteiger partial charge is 0.387 e. The lowest BCUT2D eigenvalue weighted by Crippen LogP contribution is -2.40. The zero-order chi connectivity index (χ0) is 22.7. The van der Waals surface area contributed by atoms with Crippen LogP contribution in [0.5, 0.6) is 5.75 Å².